The topological polar surface area (TPSA) is 65.5 Å². The van der Waals surface area contributed by atoms with Crippen molar-refractivity contribution >= 4 is 23.7 Å². The van der Waals surface area contributed by atoms with Crippen molar-refractivity contribution in [2.75, 3.05) is 36.4 Å². The molecule has 1 N–H and O–H groups in total. The number of carbonyl (C=O) groups is 2. The van der Waals surface area contributed by atoms with Crippen LogP contribution >= 0.6 is 0 Å². The van der Waals surface area contributed by atoms with E-state index in [0.29, 0.717) is 37.4 Å². The van der Waals surface area contributed by atoms with E-state index in [0.717, 1.165) is 12.1 Å². The molecule has 0 bridgehead atoms. The zero-order valence-electron chi connectivity index (χ0n) is 13.0. The van der Waals surface area contributed by atoms with Crippen LogP contribution in [0.1, 0.15) is 10.4 Å². The van der Waals surface area contributed by atoms with Crippen molar-refractivity contribution in [1.82, 2.24) is 9.88 Å². The number of hydrogen-bond donors (Lipinski definition) is 1. The van der Waals surface area contributed by atoms with Gasteiger partial charge in [-0.15, -0.1) is 0 Å². The number of benzene rings is 1. The monoisotopic (exact) mass is 328 g/mol. The van der Waals surface area contributed by atoms with Gasteiger partial charge >= 0.3 is 0 Å². The summed E-state index contributed by atoms with van der Waals surface area (Å²) in [6.07, 6.45) is 4.01. The van der Waals surface area contributed by atoms with Gasteiger partial charge in [0.15, 0.2) is 0 Å². The van der Waals surface area contributed by atoms with Gasteiger partial charge in [0.1, 0.15) is 5.82 Å². The molecule has 0 spiro atoms. The number of halogens is 1. The molecular weight excluding hydrogens is 311 g/mol. The Balaban J connectivity index is 1.70. The fourth-order valence-corrected chi connectivity index (χ4v) is 2.58. The highest BCUT2D eigenvalue weighted by atomic mass is 19.1. The van der Waals surface area contributed by atoms with E-state index >= 15 is 0 Å². The van der Waals surface area contributed by atoms with Gasteiger partial charge in [0, 0.05) is 38.1 Å². The van der Waals surface area contributed by atoms with Crippen LogP contribution in [0.2, 0.25) is 0 Å². The Hall–Kier alpha value is -2.96. The molecule has 0 atom stereocenters. The lowest BCUT2D eigenvalue weighted by Gasteiger charge is -2.34. The van der Waals surface area contributed by atoms with Crippen LogP contribution in [0.4, 0.5) is 15.8 Å². The van der Waals surface area contributed by atoms with Gasteiger partial charge in [-0.25, -0.2) is 4.39 Å². The van der Waals surface area contributed by atoms with Crippen LogP contribution in [-0.2, 0) is 4.79 Å². The molecule has 0 aliphatic carbocycles. The summed E-state index contributed by atoms with van der Waals surface area (Å²) in [6, 6.07) is 7.48. The molecule has 24 heavy (non-hydrogen) atoms. The van der Waals surface area contributed by atoms with Crippen LogP contribution in [0.25, 0.3) is 0 Å². The molecule has 2 heterocycles. The summed E-state index contributed by atoms with van der Waals surface area (Å²) in [5.41, 5.74) is 1.62. The van der Waals surface area contributed by atoms with Crippen LogP contribution in [-0.4, -0.2) is 48.4 Å². The summed E-state index contributed by atoms with van der Waals surface area (Å²) in [4.78, 5) is 31.0. The number of pyridine rings is 1. The Morgan fingerprint density at radius 3 is 2.67 bits per heavy atom. The average molecular weight is 328 g/mol. The van der Waals surface area contributed by atoms with Crippen molar-refractivity contribution in [1.29, 1.82) is 0 Å². The maximum absolute atomic E-state index is 13.2. The van der Waals surface area contributed by atoms with Crippen molar-refractivity contribution in [3.8, 4) is 0 Å². The molecule has 124 valence electrons. The SMILES string of the molecule is O=CN1CCN(c2cncc(C(=O)Nc3cccc(F)c3)c2)CC1. The number of piperazine rings is 1. The molecule has 1 aliphatic rings. The number of nitrogens with one attached hydrogen (secondary N) is 1. The van der Waals surface area contributed by atoms with Crippen LogP contribution in [0.3, 0.4) is 0 Å². The minimum absolute atomic E-state index is 0.346. The second-order valence-electron chi connectivity index (χ2n) is 5.52. The summed E-state index contributed by atoms with van der Waals surface area (Å²) in [7, 11) is 0. The predicted molar refractivity (Wildman–Crippen MR) is 88.4 cm³/mol. The smallest absolute Gasteiger partial charge is 0.257 e. The lowest BCUT2D eigenvalue weighted by Crippen LogP contribution is -2.45. The first-order chi connectivity index (χ1) is 11.7. The number of aromatic nitrogens is 1. The first kappa shape index (κ1) is 15.9. The number of amides is 2. The van der Waals surface area contributed by atoms with Crippen LogP contribution in [0, 0.1) is 5.82 Å². The minimum atomic E-state index is -0.410. The highest BCUT2D eigenvalue weighted by molar-refractivity contribution is 6.04. The lowest BCUT2D eigenvalue weighted by atomic mass is 10.2. The van der Waals surface area contributed by atoms with Crippen molar-refractivity contribution < 1.29 is 14.0 Å². The second kappa shape index (κ2) is 7.08. The molecular formula is C17H17FN4O2. The van der Waals surface area contributed by atoms with E-state index in [4.69, 9.17) is 0 Å². The summed E-state index contributed by atoms with van der Waals surface area (Å²) >= 11 is 0. The first-order valence-corrected chi connectivity index (χ1v) is 7.62. The molecule has 3 rings (SSSR count). The van der Waals surface area contributed by atoms with Crippen LogP contribution < -0.4 is 10.2 Å². The fourth-order valence-electron chi connectivity index (χ4n) is 2.58. The number of rotatable bonds is 4. The maximum atomic E-state index is 13.2. The second-order valence-corrected chi connectivity index (χ2v) is 5.52. The van der Waals surface area contributed by atoms with Crippen LogP contribution in [0.15, 0.2) is 42.7 Å². The molecule has 7 heteroatoms. The molecule has 0 radical (unpaired) electrons. The number of carbonyl (C=O) groups excluding carboxylic acids is 2. The molecule has 1 fully saturated rings. The molecule has 1 saturated heterocycles. The summed E-state index contributed by atoms with van der Waals surface area (Å²) < 4.78 is 13.2. The Morgan fingerprint density at radius 2 is 1.96 bits per heavy atom. The van der Waals surface area contributed by atoms with Crippen molar-refractivity contribution in [3.63, 3.8) is 0 Å². The summed E-state index contributed by atoms with van der Waals surface area (Å²) in [6.45, 7) is 2.66. The van der Waals surface area contributed by atoms with Crippen molar-refractivity contribution in [3.05, 3.63) is 54.1 Å². The standard InChI is InChI=1S/C17H17FN4O2/c18-14-2-1-3-15(9-14)20-17(24)13-8-16(11-19-10-13)22-6-4-21(12-23)5-7-22/h1-3,8-12H,4-7H2,(H,20,24). The number of nitrogens with zero attached hydrogens (tertiary/aromatic N) is 3. The van der Waals surface area contributed by atoms with E-state index in [1.54, 1.807) is 23.2 Å². The predicted octanol–water partition coefficient (Wildman–Crippen LogP) is 1.75. The highest BCUT2D eigenvalue weighted by Gasteiger charge is 2.17. The van der Waals surface area contributed by atoms with Gasteiger partial charge in [0.25, 0.3) is 5.91 Å². The first-order valence-electron chi connectivity index (χ1n) is 7.62. The molecule has 1 aromatic carbocycles. The third kappa shape index (κ3) is 3.68. The molecule has 1 aromatic heterocycles. The van der Waals surface area contributed by atoms with Gasteiger partial charge in [-0.3, -0.25) is 14.6 Å². The Morgan fingerprint density at radius 1 is 1.17 bits per heavy atom. The van der Waals surface area contributed by atoms with E-state index in [-0.39, 0.29) is 5.91 Å². The molecule has 1 aliphatic heterocycles. The Kier molecular flexibility index (Phi) is 4.69. The van der Waals surface area contributed by atoms with E-state index in [9.17, 15) is 14.0 Å². The van der Waals surface area contributed by atoms with E-state index in [1.165, 1.54) is 24.4 Å². The molecule has 2 amide bonds. The third-order valence-corrected chi connectivity index (χ3v) is 3.90. The fraction of sp³-hybridized carbons (Fsp3) is 0.235. The summed E-state index contributed by atoms with van der Waals surface area (Å²) in [5, 5.41) is 2.65. The van der Waals surface area contributed by atoms with Gasteiger partial charge in [-0.2, -0.15) is 0 Å². The van der Waals surface area contributed by atoms with Crippen molar-refractivity contribution in [2.24, 2.45) is 0 Å². The quantitative estimate of drug-likeness (QED) is 0.869. The van der Waals surface area contributed by atoms with Gasteiger partial charge < -0.3 is 15.1 Å². The van der Waals surface area contributed by atoms with Gasteiger partial charge in [-0.05, 0) is 24.3 Å². The van der Waals surface area contributed by atoms with E-state index in [1.807, 2.05) is 0 Å². The highest BCUT2D eigenvalue weighted by Crippen LogP contribution is 2.18. The van der Waals surface area contributed by atoms with Gasteiger partial charge in [0.2, 0.25) is 6.41 Å². The number of anilines is 2. The largest absolute Gasteiger partial charge is 0.367 e. The Bertz CT molecular complexity index is 745. The van der Waals surface area contributed by atoms with E-state index in [2.05, 4.69) is 15.2 Å². The van der Waals surface area contributed by atoms with Gasteiger partial charge in [0.05, 0.1) is 17.4 Å². The summed E-state index contributed by atoms with van der Waals surface area (Å²) in [5.74, 6) is -0.755. The van der Waals surface area contributed by atoms with Crippen molar-refractivity contribution in [2.45, 2.75) is 0 Å². The number of hydrogen-bond acceptors (Lipinski definition) is 4. The van der Waals surface area contributed by atoms with Crippen LogP contribution in [0.5, 0.6) is 0 Å². The molecule has 2 aromatic rings. The zero-order valence-corrected chi connectivity index (χ0v) is 13.0. The zero-order chi connectivity index (χ0) is 16.9. The maximum Gasteiger partial charge on any atom is 0.257 e. The third-order valence-electron chi connectivity index (χ3n) is 3.90. The molecule has 6 nitrogen and oxygen atoms in total. The average Bonchev–Trinajstić information content (AvgIpc) is 2.62. The minimum Gasteiger partial charge on any atom is -0.367 e. The Labute approximate surface area is 138 Å². The van der Waals surface area contributed by atoms with Gasteiger partial charge in [-0.1, -0.05) is 6.07 Å². The lowest BCUT2D eigenvalue weighted by molar-refractivity contribution is -0.118. The molecule has 0 saturated carbocycles. The van der Waals surface area contributed by atoms with E-state index < -0.39 is 5.82 Å². The normalized spacial score (nSPS) is 14.4. The molecule has 0 unspecified atom stereocenters.